The van der Waals surface area contributed by atoms with Gasteiger partial charge in [0, 0.05) is 17.1 Å². The number of hydrogen-bond donors (Lipinski definition) is 2. The SMILES string of the molecule is Nc1cc(Br)ccc1S(=O)(=O)N(CCO)C1CCCCC1. The molecule has 1 aliphatic rings. The predicted octanol–water partition coefficient (Wildman–Crippen LogP) is 2.35. The van der Waals surface area contributed by atoms with E-state index in [1.54, 1.807) is 12.1 Å². The Morgan fingerprint density at radius 3 is 2.52 bits per heavy atom. The summed E-state index contributed by atoms with van der Waals surface area (Å²) in [7, 11) is -3.68. The van der Waals surface area contributed by atoms with E-state index in [9.17, 15) is 13.5 Å². The average molecular weight is 377 g/mol. The molecule has 2 rings (SSSR count). The fourth-order valence-corrected chi connectivity index (χ4v) is 5.00. The minimum absolute atomic E-state index is 0.0426. The van der Waals surface area contributed by atoms with Crippen LogP contribution in [-0.2, 0) is 10.0 Å². The summed E-state index contributed by atoms with van der Waals surface area (Å²) in [6.07, 6.45) is 4.88. The Bertz CT molecular complexity index is 586. The summed E-state index contributed by atoms with van der Waals surface area (Å²) in [5, 5.41) is 9.25. The highest BCUT2D eigenvalue weighted by Crippen LogP contribution is 2.30. The van der Waals surface area contributed by atoms with Gasteiger partial charge in [-0.3, -0.25) is 0 Å². The quantitative estimate of drug-likeness (QED) is 0.772. The zero-order valence-electron chi connectivity index (χ0n) is 11.8. The molecule has 0 spiro atoms. The van der Waals surface area contributed by atoms with E-state index in [0.29, 0.717) is 0 Å². The lowest BCUT2D eigenvalue weighted by Gasteiger charge is -2.33. The first-order chi connectivity index (χ1) is 9.96. The van der Waals surface area contributed by atoms with Crippen LogP contribution in [0, 0.1) is 0 Å². The molecule has 1 aromatic rings. The number of aliphatic hydroxyl groups is 1. The van der Waals surface area contributed by atoms with Crippen LogP contribution in [0.25, 0.3) is 0 Å². The third-order valence-corrected chi connectivity index (χ3v) is 6.38. The van der Waals surface area contributed by atoms with Gasteiger partial charge >= 0.3 is 0 Å². The second-order valence-corrected chi connectivity index (χ2v) is 8.09. The largest absolute Gasteiger partial charge is 0.398 e. The van der Waals surface area contributed by atoms with Crippen molar-refractivity contribution in [2.45, 2.75) is 43.0 Å². The normalized spacial score (nSPS) is 17.3. The van der Waals surface area contributed by atoms with Gasteiger partial charge in [0.2, 0.25) is 10.0 Å². The summed E-state index contributed by atoms with van der Waals surface area (Å²) >= 11 is 3.28. The van der Waals surface area contributed by atoms with Gasteiger partial charge in [0.1, 0.15) is 4.90 Å². The van der Waals surface area contributed by atoms with Crippen molar-refractivity contribution in [3.8, 4) is 0 Å². The summed E-state index contributed by atoms with van der Waals surface area (Å²) in [5.74, 6) is 0. The topological polar surface area (TPSA) is 83.6 Å². The van der Waals surface area contributed by atoms with E-state index in [2.05, 4.69) is 15.9 Å². The van der Waals surface area contributed by atoms with E-state index in [1.807, 2.05) is 0 Å². The Hall–Kier alpha value is -0.630. The summed E-state index contributed by atoms with van der Waals surface area (Å²) in [6.45, 7) is -0.0747. The summed E-state index contributed by atoms with van der Waals surface area (Å²) < 4.78 is 27.9. The van der Waals surface area contributed by atoms with Crippen LogP contribution in [0.4, 0.5) is 5.69 Å². The van der Waals surface area contributed by atoms with E-state index < -0.39 is 10.0 Å². The standard InChI is InChI=1S/C14H21BrN2O3S/c15-11-6-7-14(13(16)10-11)21(19,20)17(8-9-18)12-4-2-1-3-5-12/h6-7,10,12,18H,1-5,8-9,16H2. The maximum absolute atomic E-state index is 12.9. The number of nitrogens with two attached hydrogens (primary N) is 1. The van der Waals surface area contributed by atoms with E-state index in [4.69, 9.17) is 5.73 Å². The van der Waals surface area contributed by atoms with Crippen molar-refractivity contribution in [2.24, 2.45) is 0 Å². The second-order valence-electron chi connectivity index (χ2n) is 5.31. The van der Waals surface area contributed by atoms with E-state index >= 15 is 0 Å². The monoisotopic (exact) mass is 376 g/mol. The molecule has 0 aromatic heterocycles. The lowest BCUT2D eigenvalue weighted by molar-refractivity contribution is 0.199. The smallest absolute Gasteiger partial charge is 0.245 e. The number of rotatable bonds is 5. The Morgan fingerprint density at radius 2 is 1.95 bits per heavy atom. The Labute approximate surface area is 134 Å². The van der Waals surface area contributed by atoms with Crippen LogP contribution in [0.5, 0.6) is 0 Å². The Balaban J connectivity index is 2.36. The first-order valence-electron chi connectivity index (χ1n) is 7.14. The van der Waals surface area contributed by atoms with Crippen molar-refractivity contribution in [2.75, 3.05) is 18.9 Å². The van der Waals surface area contributed by atoms with Gasteiger partial charge in [-0.15, -0.1) is 0 Å². The average Bonchev–Trinajstić information content (AvgIpc) is 2.45. The van der Waals surface area contributed by atoms with Crippen LogP contribution in [0.1, 0.15) is 32.1 Å². The lowest BCUT2D eigenvalue weighted by atomic mass is 9.95. The number of nitrogen functional groups attached to an aromatic ring is 1. The van der Waals surface area contributed by atoms with Crippen LogP contribution >= 0.6 is 15.9 Å². The lowest BCUT2D eigenvalue weighted by Crippen LogP contribution is -2.43. The van der Waals surface area contributed by atoms with E-state index in [1.165, 1.54) is 10.4 Å². The molecule has 7 heteroatoms. The molecule has 3 N–H and O–H groups in total. The van der Waals surface area contributed by atoms with Crippen LogP contribution in [0.15, 0.2) is 27.6 Å². The van der Waals surface area contributed by atoms with Crippen molar-refractivity contribution < 1.29 is 13.5 Å². The fourth-order valence-electron chi connectivity index (χ4n) is 2.85. The second kappa shape index (κ2) is 7.09. The zero-order chi connectivity index (χ0) is 15.5. The number of sulfonamides is 1. The van der Waals surface area contributed by atoms with E-state index in [0.717, 1.165) is 36.6 Å². The van der Waals surface area contributed by atoms with Gasteiger partial charge in [-0.2, -0.15) is 4.31 Å². The molecule has 0 unspecified atom stereocenters. The van der Waals surface area contributed by atoms with Gasteiger partial charge in [0.05, 0.1) is 12.3 Å². The number of hydrogen-bond acceptors (Lipinski definition) is 4. The molecule has 1 aliphatic carbocycles. The summed E-state index contributed by atoms with van der Waals surface area (Å²) in [4.78, 5) is 0.115. The molecule has 0 amide bonds. The molecule has 1 saturated carbocycles. The molecule has 0 aliphatic heterocycles. The van der Waals surface area contributed by atoms with Crippen LogP contribution in [0.3, 0.4) is 0 Å². The first-order valence-corrected chi connectivity index (χ1v) is 9.38. The van der Waals surface area contributed by atoms with Crippen molar-refractivity contribution >= 4 is 31.6 Å². The highest BCUT2D eigenvalue weighted by Gasteiger charge is 2.33. The highest BCUT2D eigenvalue weighted by molar-refractivity contribution is 9.10. The van der Waals surface area contributed by atoms with Crippen molar-refractivity contribution in [3.05, 3.63) is 22.7 Å². The van der Waals surface area contributed by atoms with Gasteiger partial charge in [0.15, 0.2) is 0 Å². The molecule has 1 fully saturated rings. The third kappa shape index (κ3) is 3.77. The molecular formula is C14H21BrN2O3S. The number of halogens is 1. The minimum Gasteiger partial charge on any atom is -0.398 e. The summed E-state index contributed by atoms with van der Waals surface area (Å²) in [5.41, 5.74) is 6.10. The van der Waals surface area contributed by atoms with Crippen molar-refractivity contribution in [1.82, 2.24) is 4.31 Å². The van der Waals surface area contributed by atoms with Gasteiger partial charge in [-0.25, -0.2) is 8.42 Å². The van der Waals surface area contributed by atoms with Crippen molar-refractivity contribution in [3.63, 3.8) is 0 Å². The predicted molar refractivity (Wildman–Crippen MR) is 86.4 cm³/mol. The molecule has 0 heterocycles. The van der Waals surface area contributed by atoms with Crippen molar-refractivity contribution in [1.29, 1.82) is 0 Å². The zero-order valence-corrected chi connectivity index (χ0v) is 14.2. The molecule has 0 bridgehead atoms. The van der Waals surface area contributed by atoms with Gasteiger partial charge in [-0.1, -0.05) is 35.2 Å². The molecule has 118 valence electrons. The number of aliphatic hydroxyl groups excluding tert-OH is 1. The maximum atomic E-state index is 12.9. The minimum atomic E-state index is -3.68. The van der Waals surface area contributed by atoms with Crippen LogP contribution < -0.4 is 5.73 Å². The van der Waals surface area contributed by atoms with Crippen LogP contribution in [0.2, 0.25) is 0 Å². The molecule has 0 atom stereocenters. The summed E-state index contributed by atoms with van der Waals surface area (Å²) in [6, 6.07) is 4.73. The Morgan fingerprint density at radius 1 is 1.29 bits per heavy atom. The molecular weight excluding hydrogens is 356 g/mol. The molecule has 1 aromatic carbocycles. The van der Waals surface area contributed by atoms with Gasteiger partial charge in [-0.05, 0) is 31.0 Å². The maximum Gasteiger partial charge on any atom is 0.245 e. The fraction of sp³-hybridized carbons (Fsp3) is 0.571. The van der Waals surface area contributed by atoms with Gasteiger partial charge < -0.3 is 10.8 Å². The van der Waals surface area contributed by atoms with Crippen LogP contribution in [-0.4, -0.2) is 37.0 Å². The third-order valence-electron chi connectivity index (χ3n) is 3.86. The molecule has 0 saturated heterocycles. The number of anilines is 1. The van der Waals surface area contributed by atoms with Gasteiger partial charge in [0.25, 0.3) is 0 Å². The first kappa shape index (κ1) is 16.7. The number of benzene rings is 1. The molecule has 0 radical (unpaired) electrons. The highest BCUT2D eigenvalue weighted by atomic mass is 79.9. The molecule has 21 heavy (non-hydrogen) atoms. The Kier molecular flexibility index (Phi) is 5.65. The van der Waals surface area contributed by atoms with E-state index in [-0.39, 0.29) is 29.8 Å². The number of nitrogens with zero attached hydrogens (tertiary/aromatic N) is 1. The molecule has 5 nitrogen and oxygen atoms in total.